The molecule has 0 atom stereocenters. The zero-order valence-corrected chi connectivity index (χ0v) is 15.1. The van der Waals surface area contributed by atoms with E-state index in [-0.39, 0.29) is 5.91 Å². The third kappa shape index (κ3) is 3.93. The molecule has 126 valence electrons. The van der Waals surface area contributed by atoms with E-state index in [1.165, 1.54) is 16.1 Å². The summed E-state index contributed by atoms with van der Waals surface area (Å²) in [6.45, 7) is 5.60. The summed E-state index contributed by atoms with van der Waals surface area (Å²) >= 11 is 1.88. The van der Waals surface area contributed by atoms with Crippen LogP contribution < -0.4 is 10.2 Å². The maximum atomic E-state index is 12.6. The van der Waals surface area contributed by atoms with Crippen LogP contribution in [0, 0.1) is 0 Å². The molecule has 0 aromatic heterocycles. The van der Waals surface area contributed by atoms with Crippen molar-refractivity contribution >= 4 is 29.0 Å². The molecule has 0 saturated carbocycles. The minimum Gasteiger partial charge on any atom is -0.361 e. The van der Waals surface area contributed by atoms with Crippen LogP contribution in [0.1, 0.15) is 31.7 Å². The number of nitrogens with zero attached hydrogens (tertiary/aromatic N) is 1. The highest BCUT2D eigenvalue weighted by atomic mass is 32.2. The first-order valence-electron chi connectivity index (χ1n) is 8.50. The largest absolute Gasteiger partial charge is 0.361 e. The SMILES string of the molecule is CC(C)c1ccccc1NC(=O)CN1CCCSc2ccccc21. The van der Waals surface area contributed by atoms with Crippen LogP contribution in [0.4, 0.5) is 11.4 Å². The fourth-order valence-corrected chi connectivity index (χ4v) is 4.05. The maximum absolute atomic E-state index is 12.6. The van der Waals surface area contributed by atoms with Crippen molar-refractivity contribution < 1.29 is 4.79 Å². The summed E-state index contributed by atoms with van der Waals surface area (Å²) in [6.07, 6.45) is 1.09. The highest BCUT2D eigenvalue weighted by molar-refractivity contribution is 7.99. The number of hydrogen-bond acceptors (Lipinski definition) is 3. The van der Waals surface area contributed by atoms with Crippen LogP contribution in [0.3, 0.4) is 0 Å². The molecule has 4 heteroatoms. The Kier molecular flexibility index (Phi) is 5.46. The number of rotatable bonds is 4. The Balaban J connectivity index is 1.74. The summed E-state index contributed by atoms with van der Waals surface area (Å²) in [6, 6.07) is 16.4. The van der Waals surface area contributed by atoms with Gasteiger partial charge in [0.25, 0.3) is 0 Å². The monoisotopic (exact) mass is 340 g/mol. The maximum Gasteiger partial charge on any atom is 0.243 e. The molecule has 2 aromatic rings. The highest BCUT2D eigenvalue weighted by Gasteiger charge is 2.18. The molecule has 0 unspecified atom stereocenters. The van der Waals surface area contributed by atoms with Gasteiger partial charge in [-0.3, -0.25) is 4.79 Å². The fraction of sp³-hybridized carbons (Fsp3) is 0.350. The van der Waals surface area contributed by atoms with E-state index < -0.39 is 0 Å². The Morgan fingerprint density at radius 3 is 2.75 bits per heavy atom. The van der Waals surface area contributed by atoms with Gasteiger partial charge in [0, 0.05) is 17.1 Å². The molecule has 24 heavy (non-hydrogen) atoms. The van der Waals surface area contributed by atoms with Crippen molar-refractivity contribution in [2.45, 2.75) is 31.1 Å². The van der Waals surface area contributed by atoms with Crippen LogP contribution in [0.2, 0.25) is 0 Å². The first-order chi connectivity index (χ1) is 11.6. The van der Waals surface area contributed by atoms with Crippen molar-refractivity contribution in [1.29, 1.82) is 0 Å². The van der Waals surface area contributed by atoms with E-state index >= 15 is 0 Å². The fourth-order valence-electron chi connectivity index (χ4n) is 3.04. The first kappa shape index (κ1) is 16.9. The van der Waals surface area contributed by atoms with E-state index in [1.54, 1.807) is 0 Å². The van der Waals surface area contributed by atoms with Gasteiger partial charge in [-0.25, -0.2) is 0 Å². The molecule has 0 spiro atoms. The number of carbonyl (C=O) groups is 1. The molecule has 3 rings (SSSR count). The quantitative estimate of drug-likeness (QED) is 0.871. The van der Waals surface area contributed by atoms with E-state index in [4.69, 9.17) is 0 Å². The number of hydrogen-bond donors (Lipinski definition) is 1. The highest BCUT2D eigenvalue weighted by Crippen LogP contribution is 2.33. The smallest absolute Gasteiger partial charge is 0.243 e. The predicted molar refractivity (Wildman–Crippen MR) is 103 cm³/mol. The van der Waals surface area contributed by atoms with E-state index in [9.17, 15) is 4.79 Å². The lowest BCUT2D eigenvalue weighted by Gasteiger charge is -2.24. The minimum absolute atomic E-state index is 0.0461. The molecule has 3 nitrogen and oxygen atoms in total. The van der Waals surface area contributed by atoms with Gasteiger partial charge in [-0.2, -0.15) is 0 Å². The molecule has 1 aliphatic heterocycles. The summed E-state index contributed by atoms with van der Waals surface area (Å²) in [5.74, 6) is 1.53. The second-order valence-corrected chi connectivity index (χ2v) is 7.52. The number of para-hydroxylation sites is 2. The van der Waals surface area contributed by atoms with Crippen molar-refractivity contribution in [3.05, 3.63) is 54.1 Å². The van der Waals surface area contributed by atoms with Gasteiger partial charge in [0.1, 0.15) is 0 Å². The first-order valence-corrected chi connectivity index (χ1v) is 9.49. The van der Waals surface area contributed by atoms with Crippen LogP contribution >= 0.6 is 11.8 Å². The Hall–Kier alpha value is -1.94. The molecular weight excluding hydrogens is 316 g/mol. The number of carbonyl (C=O) groups excluding carboxylic acids is 1. The Labute approximate surface area is 148 Å². The average Bonchev–Trinajstić information content (AvgIpc) is 2.78. The standard InChI is InChI=1S/C20H24N2OS/c1-15(2)16-8-3-4-9-17(16)21-20(23)14-22-12-7-13-24-19-11-6-5-10-18(19)22/h3-6,8-11,15H,7,12-14H2,1-2H3,(H,21,23). The number of benzene rings is 2. The lowest BCUT2D eigenvalue weighted by Crippen LogP contribution is -2.34. The lowest BCUT2D eigenvalue weighted by molar-refractivity contribution is -0.115. The predicted octanol–water partition coefficient (Wildman–Crippen LogP) is 4.75. The van der Waals surface area contributed by atoms with Crippen molar-refractivity contribution in [3.63, 3.8) is 0 Å². The van der Waals surface area contributed by atoms with Crippen LogP contribution in [0.15, 0.2) is 53.4 Å². The molecule has 1 amide bonds. The molecule has 1 N–H and O–H groups in total. The zero-order valence-electron chi connectivity index (χ0n) is 14.3. The molecular formula is C20H24N2OS. The summed E-state index contributed by atoms with van der Waals surface area (Å²) in [4.78, 5) is 16.1. The molecule has 2 aromatic carbocycles. The molecule has 0 saturated heterocycles. The third-order valence-electron chi connectivity index (χ3n) is 4.23. The van der Waals surface area contributed by atoms with Crippen LogP contribution in [0.25, 0.3) is 0 Å². The van der Waals surface area contributed by atoms with Crippen LogP contribution in [-0.4, -0.2) is 24.7 Å². The van der Waals surface area contributed by atoms with Crippen molar-refractivity contribution in [2.75, 3.05) is 29.1 Å². The normalized spacial score (nSPS) is 14.2. The van der Waals surface area contributed by atoms with Gasteiger partial charge in [0.2, 0.25) is 5.91 Å². The second-order valence-electron chi connectivity index (χ2n) is 6.38. The number of thioether (sulfide) groups is 1. The van der Waals surface area contributed by atoms with Gasteiger partial charge in [0.15, 0.2) is 0 Å². The van der Waals surface area contributed by atoms with E-state index in [0.29, 0.717) is 12.5 Å². The number of anilines is 2. The molecule has 0 fully saturated rings. The molecule has 1 heterocycles. The Morgan fingerprint density at radius 1 is 1.17 bits per heavy atom. The minimum atomic E-state index is 0.0461. The number of amides is 1. The van der Waals surface area contributed by atoms with Gasteiger partial charge in [-0.1, -0.05) is 44.2 Å². The van der Waals surface area contributed by atoms with E-state index in [1.807, 2.05) is 36.0 Å². The number of nitrogens with one attached hydrogen (secondary N) is 1. The third-order valence-corrected chi connectivity index (χ3v) is 5.38. The topological polar surface area (TPSA) is 32.3 Å². The molecule has 0 bridgehead atoms. The van der Waals surface area contributed by atoms with Gasteiger partial charge in [-0.15, -0.1) is 11.8 Å². The van der Waals surface area contributed by atoms with Gasteiger partial charge in [0.05, 0.1) is 12.2 Å². The van der Waals surface area contributed by atoms with Crippen LogP contribution in [0.5, 0.6) is 0 Å². The second kappa shape index (κ2) is 7.75. The van der Waals surface area contributed by atoms with E-state index in [0.717, 1.165) is 24.4 Å². The van der Waals surface area contributed by atoms with Crippen molar-refractivity contribution in [3.8, 4) is 0 Å². The van der Waals surface area contributed by atoms with Gasteiger partial charge in [-0.05, 0) is 41.9 Å². The summed E-state index contributed by atoms with van der Waals surface area (Å²) in [7, 11) is 0. The van der Waals surface area contributed by atoms with Crippen LogP contribution in [-0.2, 0) is 4.79 Å². The zero-order chi connectivity index (χ0) is 16.9. The summed E-state index contributed by atoms with van der Waals surface area (Å²) in [5, 5.41) is 3.10. The molecule has 1 aliphatic rings. The Bertz CT molecular complexity index is 714. The molecule has 0 aliphatic carbocycles. The average molecular weight is 340 g/mol. The molecule has 0 radical (unpaired) electrons. The van der Waals surface area contributed by atoms with Gasteiger partial charge >= 0.3 is 0 Å². The summed E-state index contributed by atoms with van der Waals surface area (Å²) in [5.41, 5.74) is 3.28. The summed E-state index contributed by atoms with van der Waals surface area (Å²) < 4.78 is 0. The van der Waals surface area contributed by atoms with Gasteiger partial charge < -0.3 is 10.2 Å². The Morgan fingerprint density at radius 2 is 1.92 bits per heavy atom. The number of fused-ring (bicyclic) bond motifs is 1. The van der Waals surface area contributed by atoms with Crippen molar-refractivity contribution in [2.24, 2.45) is 0 Å². The lowest BCUT2D eigenvalue weighted by atomic mass is 10.0. The van der Waals surface area contributed by atoms with E-state index in [2.05, 4.69) is 48.3 Å². The van der Waals surface area contributed by atoms with Crippen molar-refractivity contribution in [1.82, 2.24) is 0 Å².